The Labute approximate surface area is 196 Å². The van der Waals surface area contributed by atoms with Gasteiger partial charge in [0.05, 0.1) is 11.9 Å². The minimum absolute atomic E-state index is 0.190. The van der Waals surface area contributed by atoms with Gasteiger partial charge in [0.15, 0.2) is 0 Å². The summed E-state index contributed by atoms with van der Waals surface area (Å²) in [6, 6.07) is 15.9. The van der Waals surface area contributed by atoms with E-state index in [1.54, 1.807) is 12.1 Å². The summed E-state index contributed by atoms with van der Waals surface area (Å²) in [5, 5.41) is 2.89. The van der Waals surface area contributed by atoms with E-state index >= 15 is 0 Å². The molecule has 1 saturated carbocycles. The number of hydrogen-bond donors (Lipinski definition) is 1. The van der Waals surface area contributed by atoms with Gasteiger partial charge in [-0.1, -0.05) is 80.6 Å². The van der Waals surface area contributed by atoms with Crippen LogP contribution in [-0.4, -0.2) is 32.5 Å². The summed E-state index contributed by atoms with van der Waals surface area (Å²) in [4.78, 5) is 26.4. The standard InChI is InChI=1S/C26H32N2O4S/c1-33(31,32)28-24-15-9-8-14-21(24)22(20-12-6-3-7-13-20)18-23(26(28)30)27-25(29)17-16-19-10-4-2-5-11-19/h3,6-9,12-15,19,22-23H,2,4-5,10-11,16-18H2,1H3,(H,27,29)/t22-,23-/m1/s1. The molecule has 1 fully saturated rings. The van der Waals surface area contributed by atoms with Crippen molar-refractivity contribution in [2.45, 2.75) is 63.3 Å². The quantitative estimate of drug-likeness (QED) is 0.683. The van der Waals surface area contributed by atoms with E-state index in [1.807, 2.05) is 42.5 Å². The van der Waals surface area contributed by atoms with Gasteiger partial charge in [-0.15, -0.1) is 0 Å². The van der Waals surface area contributed by atoms with E-state index in [-0.39, 0.29) is 11.8 Å². The second kappa shape index (κ2) is 10.1. The second-order valence-electron chi connectivity index (χ2n) is 9.29. The Kier molecular flexibility index (Phi) is 7.17. The highest BCUT2D eigenvalue weighted by Gasteiger charge is 2.40. The first-order chi connectivity index (χ1) is 15.8. The Morgan fingerprint density at radius 2 is 1.67 bits per heavy atom. The van der Waals surface area contributed by atoms with Crippen LogP contribution in [-0.2, 0) is 19.6 Å². The summed E-state index contributed by atoms with van der Waals surface area (Å²) >= 11 is 0. The molecule has 2 aromatic rings. The number of nitrogens with zero attached hydrogens (tertiary/aromatic N) is 1. The third-order valence-electron chi connectivity index (χ3n) is 6.87. The number of nitrogens with one attached hydrogen (secondary N) is 1. The molecule has 1 aliphatic heterocycles. The van der Waals surface area contributed by atoms with Crippen LogP contribution in [0.5, 0.6) is 0 Å². The van der Waals surface area contributed by atoms with Gasteiger partial charge >= 0.3 is 0 Å². The molecule has 4 rings (SSSR count). The van der Waals surface area contributed by atoms with Crippen LogP contribution in [0.3, 0.4) is 0 Å². The smallest absolute Gasteiger partial charge is 0.263 e. The Morgan fingerprint density at radius 3 is 2.36 bits per heavy atom. The van der Waals surface area contributed by atoms with Gasteiger partial charge in [-0.25, -0.2) is 12.7 Å². The molecule has 2 atom stereocenters. The summed E-state index contributed by atoms with van der Waals surface area (Å²) < 4.78 is 26.3. The van der Waals surface area contributed by atoms with Crippen molar-refractivity contribution in [2.75, 3.05) is 10.6 Å². The number of fused-ring (bicyclic) bond motifs is 1. The maximum absolute atomic E-state index is 13.5. The van der Waals surface area contributed by atoms with E-state index in [1.165, 1.54) is 19.3 Å². The fourth-order valence-electron chi connectivity index (χ4n) is 5.23. The number of sulfonamides is 1. The topological polar surface area (TPSA) is 83.6 Å². The van der Waals surface area contributed by atoms with Crippen LogP contribution in [0.1, 0.15) is 68.4 Å². The molecule has 0 unspecified atom stereocenters. The zero-order valence-corrected chi connectivity index (χ0v) is 19.9. The minimum Gasteiger partial charge on any atom is -0.344 e. The fraction of sp³-hybridized carbons (Fsp3) is 0.462. The third-order valence-corrected chi connectivity index (χ3v) is 7.91. The first-order valence-electron chi connectivity index (χ1n) is 11.8. The number of hydrogen-bond acceptors (Lipinski definition) is 4. The van der Waals surface area contributed by atoms with Gasteiger partial charge in [0.1, 0.15) is 6.04 Å². The normalized spacial score (nSPS) is 21.8. The molecule has 1 heterocycles. The highest BCUT2D eigenvalue weighted by molar-refractivity contribution is 7.92. The van der Waals surface area contributed by atoms with Gasteiger partial charge in [-0.2, -0.15) is 0 Å². The number of anilines is 1. The summed E-state index contributed by atoms with van der Waals surface area (Å²) in [6.45, 7) is 0. The lowest BCUT2D eigenvalue weighted by Crippen LogP contribution is -2.50. The van der Waals surface area contributed by atoms with E-state index in [9.17, 15) is 18.0 Å². The number of carbonyl (C=O) groups excluding carboxylic acids is 2. The van der Waals surface area contributed by atoms with Gasteiger partial charge in [0.2, 0.25) is 15.9 Å². The highest BCUT2D eigenvalue weighted by Crippen LogP contribution is 2.40. The number of rotatable bonds is 6. The first-order valence-corrected chi connectivity index (χ1v) is 13.7. The summed E-state index contributed by atoms with van der Waals surface area (Å²) in [5.41, 5.74) is 2.11. The summed E-state index contributed by atoms with van der Waals surface area (Å²) in [5.74, 6) is -0.454. The van der Waals surface area contributed by atoms with E-state index < -0.39 is 22.0 Å². The van der Waals surface area contributed by atoms with Gasteiger partial charge in [0.25, 0.3) is 5.91 Å². The predicted molar refractivity (Wildman–Crippen MR) is 129 cm³/mol. The SMILES string of the molecule is CS(=O)(=O)N1C(=O)[C@H](NC(=O)CCC2CCCCC2)C[C@H](c2ccccc2)c2ccccc21. The molecule has 0 bridgehead atoms. The number of benzene rings is 2. The van der Waals surface area contributed by atoms with Crippen LogP contribution < -0.4 is 9.62 Å². The van der Waals surface area contributed by atoms with E-state index in [0.29, 0.717) is 24.4 Å². The van der Waals surface area contributed by atoms with Crippen LogP contribution in [0.2, 0.25) is 0 Å². The van der Waals surface area contributed by atoms with E-state index in [4.69, 9.17) is 0 Å². The molecule has 33 heavy (non-hydrogen) atoms. The van der Waals surface area contributed by atoms with Crippen molar-refractivity contribution in [3.05, 3.63) is 65.7 Å². The molecule has 0 spiro atoms. The average Bonchev–Trinajstić information content (AvgIpc) is 2.93. The van der Waals surface area contributed by atoms with Gasteiger partial charge < -0.3 is 5.32 Å². The Hall–Kier alpha value is -2.67. The van der Waals surface area contributed by atoms with Crippen LogP contribution in [0, 0.1) is 5.92 Å². The molecule has 176 valence electrons. The lowest BCUT2D eigenvalue weighted by atomic mass is 9.85. The number of para-hydroxylation sites is 1. The maximum Gasteiger partial charge on any atom is 0.263 e. The first kappa shape index (κ1) is 23.5. The van der Waals surface area contributed by atoms with Gasteiger partial charge in [0, 0.05) is 12.3 Å². The van der Waals surface area contributed by atoms with E-state index in [0.717, 1.165) is 41.0 Å². The van der Waals surface area contributed by atoms with Crippen molar-refractivity contribution in [3.8, 4) is 0 Å². The highest BCUT2D eigenvalue weighted by atomic mass is 32.2. The Balaban J connectivity index is 1.63. The van der Waals surface area contributed by atoms with Crippen molar-refractivity contribution in [1.29, 1.82) is 0 Å². The van der Waals surface area contributed by atoms with Crippen molar-refractivity contribution in [2.24, 2.45) is 5.92 Å². The molecule has 2 amide bonds. The van der Waals surface area contributed by atoms with Crippen molar-refractivity contribution in [1.82, 2.24) is 5.32 Å². The second-order valence-corrected chi connectivity index (χ2v) is 11.1. The lowest BCUT2D eigenvalue weighted by molar-refractivity contribution is -0.127. The maximum atomic E-state index is 13.5. The van der Waals surface area contributed by atoms with Gasteiger partial charge in [-0.05, 0) is 36.0 Å². The largest absolute Gasteiger partial charge is 0.344 e. The molecule has 7 heteroatoms. The lowest BCUT2D eigenvalue weighted by Gasteiger charge is -2.25. The van der Waals surface area contributed by atoms with Crippen molar-refractivity contribution in [3.63, 3.8) is 0 Å². The van der Waals surface area contributed by atoms with Crippen molar-refractivity contribution < 1.29 is 18.0 Å². The average molecular weight is 469 g/mol. The van der Waals surface area contributed by atoms with Crippen molar-refractivity contribution >= 4 is 27.5 Å². The molecule has 0 saturated heterocycles. The Morgan fingerprint density at radius 1 is 1.00 bits per heavy atom. The van der Waals surface area contributed by atoms with Crippen LogP contribution in [0.15, 0.2) is 54.6 Å². The molecular formula is C26H32N2O4S. The molecule has 1 N–H and O–H groups in total. The molecule has 6 nitrogen and oxygen atoms in total. The Bertz CT molecular complexity index is 1090. The molecule has 0 aromatic heterocycles. The fourth-order valence-corrected chi connectivity index (χ4v) is 6.21. The monoisotopic (exact) mass is 468 g/mol. The van der Waals surface area contributed by atoms with Crippen LogP contribution in [0.25, 0.3) is 0 Å². The minimum atomic E-state index is -3.88. The van der Waals surface area contributed by atoms with Gasteiger partial charge in [-0.3, -0.25) is 9.59 Å². The number of carbonyl (C=O) groups is 2. The molecule has 0 radical (unpaired) electrons. The zero-order chi connectivity index (χ0) is 23.4. The zero-order valence-electron chi connectivity index (χ0n) is 19.1. The molecule has 1 aliphatic carbocycles. The third kappa shape index (κ3) is 5.46. The molecular weight excluding hydrogens is 436 g/mol. The van der Waals surface area contributed by atoms with Crippen LogP contribution in [0.4, 0.5) is 5.69 Å². The number of amides is 2. The summed E-state index contributed by atoms with van der Waals surface area (Å²) in [7, 11) is -3.88. The predicted octanol–water partition coefficient (Wildman–Crippen LogP) is 4.36. The summed E-state index contributed by atoms with van der Waals surface area (Å²) in [6.07, 6.45) is 8.52. The van der Waals surface area contributed by atoms with Crippen LogP contribution >= 0.6 is 0 Å². The molecule has 2 aromatic carbocycles. The van der Waals surface area contributed by atoms with E-state index in [2.05, 4.69) is 5.32 Å². The molecule has 2 aliphatic rings.